The number of ether oxygens (including phenoxy) is 1. The third kappa shape index (κ3) is 5.45. The third-order valence-electron chi connectivity index (χ3n) is 6.22. The molecule has 1 aliphatic heterocycles. The van der Waals surface area contributed by atoms with Crippen LogP contribution >= 0.6 is 11.3 Å². The Bertz CT molecular complexity index is 1120. The van der Waals surface area contributed by atoms with Gasteiger partial charge in [0.1, 0.15) is 5.75 Å². The maximum atomic E-state index is 12.8. The highest BCUT2D eigenvalue weighted by Crippen LogP contribution is 2.37. The highest BCUT2D eigenvalue weighted by Gasteiger charge is 2.26. The fourth-order valence-electron chi connectivity index (χ4n) is 4.22. The number of fused-ring (bicyclic) bond motifs is 1. The Morgan fingerprint density at radius 3 is 2.94 bits per heavy atom. The fourth-order valence-corrected chi connectivity index (χ4v) is 5.50. The number of rotatable bonds is 8. The molecular formula is C25H30N4O3S. The number of methoxy groups -OCH3 is 1. The van der Waals surface area contributed by atoms with Gasteiger partial charge < -0.3 is 19.5 Å². The number of imidazole rings is 1. The predicted molar refractivity (Wildman–Crippen MR) is 130 cm³/mol. The number of nitrogens with zero attached hydrogens (tertiary/aromatic N) is 3. The molecule has 0 aliphatic carbocycles. The number of aryl methyl sites for hydroxylation is 1. The van der Waals surface area contributed by atoms with Crippen LogP contribution in [0.4, 0.5) is 5.00 Å². The van der Waals surface area contributed by atoms with Gasteiger partial charge in [-0.3, -0.25) is 9.59 Å². The van der Waals surface area contributed by atoms with Gasteiger partial charge in [-0.2, -0.15) is 0 Å². The van der Waals surface area contributed by atoms with Crippen LogP contribution in [0, 0.1) is 6.92 Å². The lowest BCUT2D eigenvalue weighted by molar-refractivity contribution is -0.132. The van der Waals surface area contributed by atoms with Gasteiger partial charge >= 0.3 is 0 Å². The summed E-state index contributed by atoms with van der Waals surface area (Å²) >= 11 is 1.60. The molecule has 8 heteroatoms. The summed E-state index contributed by atoms with van der Waals surface area (Å²) in [5, 5.41) is 4.02. The zero-order valence-corrected chi connectivity index (χ0v) is 20.2. The molecule has 1 unspecified atom stereocenters. The maximum Gasteiger partial charge on any atom is 0.225 e. The minimum atomic E-state index is 0.000261. The lowest BCUT2D eigenvalue weighted by Crippen LogP contribution is -2.35. The van der Waals surface area contributed by atoms with E-state index >= 15 is 0 Å². The number of nitrogens with one attached hydrogen (secondary N) is 1. The molecule has 1 N–H and O–H groups in total. The van der Waals surface area contributed by atoms with Crippen molar-refractivity contribution >= 4 is 28.2 Å². The number of benzene rings is 1. The SMILES string of the molecule is COc1cccc(C(C)CC(=O)Nc2sc3c(c2C)CCN(C(=O)CCn2ccnc2)C3)c1. The maximum absolute atomic E-state index is 12.8. The first kappa shape index (κ1) is 23.0. The van der Waals surface area contributed by atoms with Gasteiger partial charge in [-0.25, -0.2) is 4.98 Å². The molecule has 4 rings (SSSR count). The van der Waals surface area contributed by atoms with Crippen LogP contribution in [0.1, 0.15) is 47.3 Å². The van der Waals surface area contributed by atoms with Crippen molar-refractivity contribution in [1.82, 2.24) is 14.5 Å². The molecule has 0 spiro atoms. The number of hydrogen-bond donors (Lipinski definition) is 1. The molecule has 174 valence electrons. The summed E-state index contributed by atoms with van der Waals surface area (Å²) in [6.07, 6.45) is 7.00. The first-order valence-corrected chi connectivity index (χ1v) is 12.0. The summed E-state index contributed by atoms with van der Waals surface area (Å²) in [5.74, 6) is 1.03. The standard InChI is InChI=1S/C25H30N4O3S/c1-17(19-5-4-6-20(14-19)32-3)13-23(30)27-25-18(2)21-7-11-29(15-22(21)33-25)24(31)8-10-28-12-9-26-16-28/h4-6,9,12,14,16-17H,7-8,10-11,13,15H2,1-3H3,(H,27,30). The van der Waals surface area contributed by atoms with E-state index in [-0.39, 0.29) is 17.7 Å². The van der Waals surface area contributed by atoms with Crippen molar-refractivity contribution < 1.29 is 14.3 Å². The van der Waals surface area contributed by atoms with Crippen LogP contribution in [-0.4, -0.2) is 39.9 Å². The van der Waals surface area contributed by atoms with Gasteiger partial charge in [0.15, 0.2) is 0 Å². The molecule has 2 amide bonds. The second-order valence-electron chi connectivity index (χ2n) is 8.50. The number of carbonyl (C=O) groups is 2. The molecule has 1 aromatic carbocycles. The van der Waals surface area contributed by atoms with Crippen molar-refractivity contribution in [2.75, 3.05) is 19.0 Å². The molecule has 1 atom stereocenters. The average Bonchev–Trinajstić information content (AvgIpc) is 3.45. The fraction of sp³-hybridized carbons (Fsp3) is 0.400. The summed E-state index contributed by atoms with van der Waals surface area (Å²) in [5.41, 5.74) is 3.48. The molecule has 0 radical (unpaired) electrons. The molecule has 1 aliphatic rings. The van der Waals surface area contributed by atoms with E-state index in [0.29, 0.717) is 32.5 Å². The molecule has 3 aromatic rings. The van der Waals surface area contributed by atoms with Crippen LogP contribution in [0.5, 0.6) is 5.75 Å². The van der Waals surface area contributed by atoms with Crippen LogP contribution < -0.4 is 10.1 Å². The Balaban J connectivity index is 1.35. The topological polar surface area (TPSA) is 76.5 Å². The number of anilines is 1. The third-order valence-corrected chi connectivity index (χ3v) is 7.46. The Hall–Kier alpha value is -3.13. The summed E-state index contributed by atoms with van der Waals surface area (Å²) < 4.78 is 7.22. The Morgan fingerprint density at radius 1 is 1.33 bits per heavy atom. The average molecular weight is 467 g/mol. The first-order valence-electron chi connectivity index (χ1n) is 11.2. The molecule has 0 bridgehead atoms. The molecule has 0 saturated heterocycles. The smallest absolute Gasteiger partial charge is 0.225 e. The highest BCUT2D eigenvalue weighted by molar-refractivity contribution is 7.16. The minimum absolute atomic E-state index is 0.000261. The highest BCUT2D eigenvalue weighted by atomic mass is 32.1. The van der Waals surface area contributed by atoms with Crippen molar-refractivity contribution in [2.45, 2.75) is 52.1 Å². The second kappa shape index (κ2) is 10.2. The molecule has 0 fully saturated rings. The summed E-state index contributed by atoms with van der Waals surface area (Å²) in [6, 6.07) is 7.85. The molecule has 0 saturated carbocycles. The van der Waals surface area contributed by atoms with Gasteiger partial charge in [0.2, 0.25) is 11.8 Å². The summed E-state index contributed by atoms with van der Waals surface area (Å²) in [4.78, 5) is 32.6. The van der Waals surface area contributed by atoms with Crippen molar-refractivity contribution in [3.05, 3.63) is 64.6 Å². The molecule has 3 heterocycles. The van der Waals surface area contributed by atoms with Gasteiger partial charge in [-0.15, -0.1) is 11.3 Å². The molecule has 7 nitrogen and oxygen atoms in total. The minimum Gasteiger partial charge on any atom is -0.497 e. The van der Waals surface area contributed by atoms with E-state index in [2.05, 4.69) is 17.2 Å². The van der Waals surface area contributed by atoms with E-state index in [4.69, 9.17) is 4.74 Å². The van der Waals surface area contributed by atoms with Crippen LogP contribution in [0.2, 0.25) is 0 Å². The van der Waals surface area contributed by atoms with Crippen LogP contribution in [0.25, 0.3) is 0 Å². The van der Waals surface area contributed by atoms with Crippen LogP contribution in [0.15, 0.2) is 43.0 Å². The second-order valence-corrected chi connectivity index (χ2v) is 9.61. The number of thiophene rings is 1. The van der Waals surface area contributed by atoms with Gasteiger partial charge in [-0.05, 0) is 48.1 Å². The van der Waals surface area contributed by atoms with E-state index in [9.17, 15) is 9.59 Å². The lowest BCUT2D eigenvalue weighted by Gasteiger charge is -2.27. The summed E-state index contributed by atoms with van der Waals surface area (Å²) in [7, 11) is 1.65. The monoisotopic (exact) mass is 466 g/mol. The Morgan fingerprint density at radius 2 is 2.18 bits per heavy atom. The molecular weight excluding hydrogens is 436 g/mol. The van der Waals surface area contributed by atoms with Crippen molar-refractivity contribution in [1.29, 1.82) is 0 Å². The van der Waals surface area contributed by atoms with E-state index in [0.717, 1.165) is 28.3 Å². The Labute approximate surface area is 198 Å². The van der Waals surface area contributed by atoms with E-state index in [1.54, 1.807) is 31.0 Å². The number of carbonyl (C=O) groups excluding carboxylic acids is 2. The van der Waals surface area contributed by atoms with E-state index < -0.39 is 0 Å². The normalized spacial score (nSPS) is 14.0. The number of hydrogen-bond acceptors (Lipinski definition) is 5. The van der Waals surface area contributed by atoms with E-state index in [1.807, 2.05) is 46.9 Å². The van der Waals surface area contributed by atoms with Gasteiger partial charge in [-0.1, -0.05) is 19.1 Å². The molecule has 33 heavy (non-hydrogen) atoms. The van der Waals surface area contributed by atoms with Gasteiger partial charge in [0, 0.05) is 43.2 Å². The van der Waals surface area contributed by atoms with Crippen LogP contribution in [0.3, 0.4) is 0 Å². The quantitative estimate of drug-likeness (QED) is 0.535. The zero-order chi connectivity index (χ0) is 23.4. The van der Waals surface area contributed by atoms with Gasteiger partial charge in [0.05, 0.1) is 25.0 Å². The number of aromatic nitrogens is 2. The van der Waals surface area contributed by atoms with Gasteiger partial charge in [0.25, 0.3) is 0 Å². The Kier molecular flexibility index (Phi) is 7.13. The lowest BCUT2D eigenvalue weighted by atomic mass is 9.97. The summed E-state index contributed by atoms with van der Waals surface area (Å²) in [6.45, 7) is 6.08. The predicted octanol–water partition coefficient (Wildman–Crippen LogP) is 4.37. The van der Waals surface area contributed by atoms with E-state index in [1.165, 1.54) is 10.4 Å². The zero-order valence-electron chi connectivity index (χ0n) is 19.3. The molecule has 2 aromatic heterocycles. The van der Waals surface area contributed by atoms with Crippen molar-refractivity contribution in [3.8, 4) is 5.75 Å². The van der Waals surface area contributed by atoms with Crippen molar-refractivity contribution in [2.24, 2.45) is 0 Å². The first-order chi connectivity index (χ1) is 15.9. The van der Waals surface area contributed by atoms with Crippen LogP contribution in [-0.2, 0) is 29.1 Å². The number of amides is 2. The van der Waals surface area contributed by atoms with Crippen molar-refractivity contribution in [3.63, 3.8) is 0 Å². The largest absolute Gasteiger partial charge is 0.497 e.